The van der Waals surface area contributed by atoms with Crippen molar-refractivity contribution in [2.45, 2.75) is 6.42 Å². The lowest BCUT2D eigenvalue weighted by molar-refractivity contribution is 0.160. The number of likely N-dealkylation sites (N-methyl/N-ethyl adjacent to an activating group) is 1. The molecule has 0 unspecified atom stereocenters. The summed E-state index contributed by atoms with van der Waals surface area (Å²) < 4.78 is 7.35. The van der Waals surface area contributed by atoms with E-state index in [0.29, 0.717) is 0 Å². The van der Waals surface area contributed by atoms with Gasteiger partial charge in [-0.15, -0.1) is 0 Å². The Bertz CT molecular complexity index is 101. The molecule has 0 aliphatic heterocycles. The topological polar surface area (TPSA) is 15.7 Å². The molecule has 0 amide bonds. The summed E-state index contributed by atoms with van der Waals surface area (Å²) in [5.41, 5.74) is 0. The first kappa shape index (κ1) is 12.4. The summed E-state index contributed by atoms with van der Waals surface area (Å²) in [6.45, 7) is 4.29. The lowest BCUT2D eigenvalue weighted by atomic mass is 10.4. The number of ether oxygens (including phenoxy) is 1. The van der Waals surface area contributed by atoms with Gasteiger partial charge in [0.05, 0.1) is 6.61 Å². The maximum atomic E-state index is 4.99. The molecule has 0 heterocycles. The molecule has 0 rings (SSSR count). The Morgan fingerprint density at radius 1 is 1.17 bits per heavy atom. The van der Waals surface area contributed by atoms with E-state index in [1.165, 1.54) is 36.0 Å². The Labute approximate surface area is 84.3 Å². The zero-order valence-electron chi connectivity index (χ0n) is 8.84. The maximum absolute atomic E-state index is 4.99. The highest BCUT2D eigenvalue weighted by Gasteiger charge is 1.97. The number of methoxy groups -OCH3 is 1. The molecule has 0 atom stereocenters. The summed E-state index contributed by atoms with van der Waals surface area (Å²) in [5, 5.41) is 0. The van der Waals surface area contributed by atoms with Crippen molar-refractivity contribution < 1.29 is 4.74 Å². The highest BCUT2D eigenvalue weighted by Crippen LogP contribution is 1.88. The van der Waals surface area contributed by atoms with Crippen LogP contribution in [0.15, 0.2) is 0 Å². The van der Waals surface area contributed by atoms with E-state index in [0.717, 1.165) is 13.2 Å². The van der Waals surface area contributed by atoms with Crippen LogP contribution in [0.5, 0.6) is 0 Å². The summed E-state index contributed by atoms with van der Waals surface area (Å²) in [7, 11) is 6.06. The highest BCUT2D eigenvalue weighted by molar-refractivity contribution is 6.04. The molecule has 0 bridgehead atoms. The SMILES string of the molecule is COCCN(C)CCC[N](C)[AlH2]. The fourth-order valence-corrected chi connectivity index (χ4v) is 1.33. The van der Waals surface area contributed by atoms with E-state index in [4.69, 9.17) is 4.74 Å². The van der Waals surface area contributed by atoms with Crippen molar-refractivity contribution in [2.75, 3.05) is 47.4 Å². The molecule has 0 N–H and O–H groups in total. The Kier molecular flexibility index (Phi) is 8.31. The average molecular weight is 188 g/mol. The molecule has 0 saturated carbocycles. The van der Waals surface area contributed by atoms with E-state index in [1.54, 1.807) is 7.11 Å². The molecule has 0 aromatic carbocycles. The Hall–Kier alpha value is 0.412. The summed E-state index contributed by atoms with van der Waals surface area (Å²) in [5.74, 6) is 0. The second kappa shape index (κ2) is 8.03. The summed E-state index contributed by atoms with van der Waals surface area (Å²) in [6, 6.07) is 0. The van der Waals surface area contributed by atoms with E-state index in [9.17, 15) is 0 Å². The average Bonchev–Trinajstić information content (AvgIpc) is 2.00. The smallest absolute Gasteiger partial charge is 0.321 e. The van der Waals surface area contributed by atoms with Gasteiger partial charge in [-0.2, -0.15) is 0 Å². The summed E-state index contributed by atoms with van der Waals surface area (Å²) in [6.07, 6.45) is 1.26. The first-order valence-electron chi connectivity index (χ1n) is 4.49. The minimum absolute atomic E-state index is 0.840. The highest BCUT2D eigenvalue weighted by atomic mass is 27.1. The van der Waals surface area contributed by atoms with E-state index < -0.39 is 0 Å². The van der Waals surface area contributed by atoms with Crippen molar-refractivity contribution in [1.82, 2.24) is 8.78 Å². The number of nitrogens with zero attached hydrogens (tertiary/aromatic N) is 2. The molecular formula is C8H21AlN2O. The van der Waals surface area contributed by atoms with Gasteiger partial charge in [0.15, 0.2) is 0 Å². The summed E-state index contributed by atoms with van der Waals surface area (Å²) >= 11 is 1.17. The van der Waals surface area contributed by atoms with Gasteiger partial charge in [-0.1, -0.05) is 0 Å². The third kappa shape index (κ3) is 8.51. The van der Waals surface area contributed by atoms with Crippen LogP contribution in [0.25, 0.3) is 0 Å². The molecule has 0 aliphatic carbocycles. The van der Waals surface area contributed by atoms with Crippen LogP contribution in [-0.4, -0.2) is 72.7 Å². The Morgan fingerprint density at radius 2 is 1.83 bits per heavy atom. The van der Waals surface area contributed by atoms with E-state index >= 15 is 0 Å². The zero-order chi connectivity index (χ0) is 9.40. The second-order valence-corrected chi connectivity index (χ2v) is 4.98. The largest absolute Gasteiger partial charge is 0.393 e. The van der Waals surface area contributed by atoms with Gasteiger partial charge in [-0.25, -0.2) is 0 Å². The van der Waals surface area contributed by atoms with Crippen LogP contribution in [0, 0.1) is 0 Å². The number of hydrogen-bond donors (Lipinski definition) is 0. The van der Waals surface area contributed by atoms with Crippen molar-refractivity contribution in [3.8, 4) is 0 Å². The minimum Gasteiger partial charge on any atom is -0.393 e. The normalized spacial score (nSPS) is 11.4. The first-order chi connectivity index (χ1) is 5.66. The van der Waals surface area contributed by atoms with Crippen LogP contribution in [0.3, 0.4) is 0 Å². The predicted molar refractivity (Wildman–Crippen MR) is 55.2 cm³/mol. The first-order valence-corrected chi connectivity index (χ1v) is 5.38. The molecule has 3 nitrogen and oxygen atoms in total. The van der Waals surface area contributed by atoms with Gasteiger partial charge in [0.25, 0.3) is 0 Å². The number of hydrogen-bond acceptors (Lipinski definition) is 3. The molecule has 72 valence electrons. The summed E-state index contributed by atoms with van der Waals surface area (Å²) in [4.78, 5) is 2.31. The Morgan fingerprint density at radius 3 is 2.33 bits per heavy atom. The van der Waals surface area contributed by atoms with Gasteiger partial charge in [-0.3, -0.25) is 0 Å². The fraction of sp³-hybridized carbons (Fsp3) is 1.00. The van der Waals surface area contributed by atoms with Crippen molar-refractivity contribution in [3.05, 3.63) is 0 Å². The molecule has 0 aliphatic rings. The molecule has 0 aromatic heterocycles. The fourth-order valence-electron chi connectivity index (χ4n) is 1.02. The van der Waals surface area contributed by atoms with Crippen molar-refractivity contribution in [2.24, 2.45) is 0 Å². The number of rotatable bonds is 7. The molecule has 12 heavy (non-hydrogen) atoms. The standard InChI is InChI=1S/C8H19N2O.Al.2H/c1-9-5-4-6-10(2)7-8-11-3;;;/h4-8H2,1-3H3;;;/q-1;+1;;. The molecule has 4 heteroatoms. The second-order valence-electron chi connectivity index (χ2n) is 3.45. The van der Waals surface area contributed by atoms with Gasteiger partial charge in [0, 0.05) is 13.7 Å². The van der Waals surface area contributed by atoms with Crippen molar-refractivity contribution in [3.63, 3.8) is 0 Å². The Balaban J connectivity index is 3.13. The molecule has 0 saturated heterocycles. The van der Waals surface area contributed by atoms with Crippen LogP contribution in [0.1, 0.15) is 6.42 Å². The molecule has 0 radical (unpaired) electrons. The van der Waals surface area contributed by atoms with E-state index in [1.807, 2.05) is 0 Å². The third-order valence-electron chi connectivity index (χ3n) is 1.82. The monoisotopic (exact) mass is 188 g/mol. The van der Waals surface area contributed by atoms with Crippen LogP contribution >= 0.6 is 0 Å². The predicted octanol–water partition coefficient (Wildman–Crippen LogP) is -0.565. The van der Waals surface area contributed by atoms with Gasteiger partial charge in [-0.05, 0) is 33.6 Å². The third-order valence-corrected chi connectivity index (χ3v) is 2.27. The lowest BCUT2D eigenvalue weighted by Crippen LogP contribution is -2.27. The van der Waals surface area contributed by atoms with Gasteiger partial charge < -0.3 is 13.5 Å². The van der Waals surface area contributed by atoms with E-state index in [-0.39, 0.29) is 0 Å². The molecular weight excluding hydrogens is 167 g/mol. The molecule has 0 spiro atoms. The van der Waals surface area contributed by atoms with Gasteiger partial charge in [0.1, 0.15) is 0 Å². The van der Waals surface area contributed by atoms with Crippen LogP contribution in [0.2, 0.25) is 0 Å². The van der Waals surface area contributed by atoms with Gasteiger partial charge in [0.2, 0.25) is 0 Å². The molecule has 0 aromatic rings. The van der Waals surface area contributed by atoms with E-state index in [2.05, 4.69) is 22.9 Å². The van der Waals surface area contributed by atoms with Gasteiger partial charge >= 0.3 is 16.5 Å². The van der Waals surface area contributed by atoms with Crippen molar-refractivity contribution >= 4 is 16.5 Å². The van der Waals surface area contributed by atoms with Crippen LogP contribution in [-0.2, 0) is 4.74 Å². The van der Waals surface area contributed by atoms with Crippen molar-refractivity contribution in [1.29, 1.82) is 0 Å². The minimum atomic E-state index is 0.840. The maximum Gasteiger partial charge on any atom is 0.321 e. The zero-order valence-corrected chi connectivity index (χ0v) is 10.8. The quantitative estimate of drug-likeness (QED) is 0.498. The van der Waals surface area contributed by atoms with Crippen LogP contribution < -0.4 is 0 Å². The van der Waals surface area contributed by atoms with Crippen LogP contribution in [0.4, 0.5) is 0 Å². The molecule has 0 fully saturated rings. The lowest BCUT2D eigenvalue weighted by Gasteiger charge is -2.17.